The van der Waals surface area contributed by atoms with Crippen molar-refractivity contribution in [2.24, 2.45) is 0 Å². The maximum Gasteiger partial charge on any atom is 0.0541 e. The molecule has 2 heterocycles. The van der Waals surface area contributed by atoms with E-state index in [4.69, 9.17) is 0 Å². The lowest BCUT2D eigenvalue weighted by atomic mass is 9.95. The van der Waals surface area contributed by atoms with E-state index in [-0.39, 0.29) is 0 Å². The lowest BCUT2D eigenvalue weighted by Gasteiger charge is -2.11. The van der Waals surface area contributed by atoms with Gasteiger partial charge in [0, 0.05) is 32.9 Å². The van der Waals surface area contributed by atoms with Crippen molar-refractivity contribution >= 4 is 43.6 Å². The maximum atomic E-state index is 2.43. The van der Waals surface area contributed by atoms with Crippen LogP contribution in [0.4, 0.5) is 0 Å². The molecule has 2 nitrogen and oxygen atoms in total. The van der Waals surface area contributed by atoms with Crippen molar-refractivity contribution in [3.63, 3.8) is 0 Å². The molecule has 0 amide bonds. The fourth-order valence-corrected chi connectivity index (χ4v) is 9.40. The number of fused-ring (bicyclic) bond motifs is 9. The molecule has 10 aromatic rings. The molecule has 0 bridgehead atoms. The number of rotatable bonds is 6. The Bertz CT molecular complexity index is 2970. The van der Waals surface area contributed by atoms with Crippen LogP contribution in [0, 0.1) is 0 Å². The van der Waals surface area contributed by atoms with Crippen molar-refractivity contribution in [1.29, 1.82) is 0 Å². The van der Waals surface area contributed by atoms with Crippen LogP contribution in [-0.4, -0.2) is 9.13 Å². The molecular weight excluding hydrogens is 689 g/mol. The van der Waals surface area contributed by atoms with Crippen LogP contribution in [0.15, 0.2) is 170 Å². The summed E-state index contributed by atoms with van der Waals surface area (Å²) in [5.74, 6) is 1.01. The quantitative estimate of drug-likeness (QED) is 0.161. The van der Waals surface area contributed by atoms with Gasteiger partial charge in [0.15, 0.2) is 0 Å². The van der Waals surface area contributed by atoms with Crippen LogP contribution >= 0.6 is 0 Å². The number of hydrogen-bond acceptors (Lipinski definition) is 0. The Labute approximate surface area is 334 Å². The first-order chi connectivity index (χ1) is 27.9. The molecule has 0 unspecified atom stereocenters. The van der Waals surface area contributed by atoms with Gasteiger partial charge in [-0.05, 0) is 147 Å². The van der Waals surface area contributed by atoms with E-state index in [9.17, 15) is 0 Å². The van der Waals surface area contributed by atoms with Crippen LogP contribution in [0.1, 0.15) is 61.8 Å². The van der Waals surface area contributed by atoms with Crippen molar-refractivity contribution in [3.8, 4) is 44.8 Å². The van der Waals surface area contributed by atoms with Crippen molar-refractivity contribution in [2.75, 3.05) is 0 Å². The van der Waals surface area contributed by atoms with Gasteiger partial charge in [0.1, 0.15) is 0 Å². The molecule has 0 radical (unpaired) electrons. The molecule has 0 atom stereocenters. The van der Waals surface area contributed by atoms with Gasteiger partial charge in [-0.1, -0.05) is 125 Å². The van der Waals surface area contributed by atoms with E-state index in [2.05, 4.69) is 207 Å². The van der Waals surface area contributed by atoms with Gasteiger partial charge in [0.25, 0.3) is 0 Å². The molecule has 1 aliphatic carbocycles. The third-order valence-electron chi connectivity index (χ3n) is 12.5. The molecule has 0 N–H and O–H groups in total. The molecule has 1 aliphatic rings. The van der Waals surface area contributed by atoms with Crippen molar-refractivity contribution < 1.29 is 0 Å². The second kappa shape index (κ2) is 13.0. The molecule has 2 aromatic heterocycles. The van der Waals surface area contributed by atoms with Gasteiger partial charge in [0.05, 0.1) is 22.1 Å². The van der Waals surface area contributed by atoms with Crippen LogP contribution in [0.25, 0.3) is 88.4 Å². The molecular formula is C55H44N2. The van der Waals surface area contributed by atoms with Crippen LogP contribution in [0.5, 0.6) is 0 Å². The van der Waals surface area contributed by atoms with Crippen molar-refractivity contribution in [3.05, 3.63) is 192 Å². The van der Waals surface area contributed by atoms with Gasteiger partial charge in [-0.15, -0.1) is 0 Å². The second-order valence-corrected chi connectivity index (χ2v) is 16.6. The molecule has 11 rings (SSSR count). The predicted molar refractivity (Wildman–Crippen MR) is 242 cm³/mol. The topological polar surface area (TPSA) is 9.86 Å². The lowest BCUT2D eigenvalue weighted by Crippen LogP contribution is -1.95. The minimum atomic E-state index is 0.507. The summed E-state index contributed by atoms with van der Waals surface area (Å²) in [4.78, 5) is 0. The van der Waals surface area contributed by atoms with E-state index in [0.29, 0.717) is 11.8 Å². The van der Waals surface area contributed by atoms with E-state index in [1.807, 2.05) is 0 Å². The minimum absolute atomic E-state index is 0.507. The molecule has 57 heavy (non-hydrogen) atoms. The summed E-state index contributed by atoms with van der Waals surface area (Å²) < 4.78 is 4.83. The highest BCUT2D eigenvalue weighted by Crippen LogP contribution is 2.43. The Hall–Kier alpha value is -6.64. The number of benzene rings is 8. The number of aromatic nitrogens is 2. The molecule has 0 aliphatic heterocycles. The van der Waals surface area contributed by atoms with Gasteiger partial charge in [0.2, 0.25) is 0 Å². The molecule has 274 valence electrons. The zero-order chi connectivity index (χ0) is 38.4. The van der Waals surface area contributed by atoms with Gasteiger partial charge in [-0.25, -0.2) is 0 Å². The van der Waals surface area contributed by atoms with Crippen LogP contribution in [0.3, 0.4) is 0 Å². The summed E-state index contributed by atoms with van der Waals surface area (Å²) in [6.45, 7) is 9.01. The zero-order valence-electron chi connectivity index (χ0n) is 32.9. The summed E-state index contributed by atoms with van der Waals surface area (Å²) in [7, 11) is 0. The SMILES string of the molecule is CC(C)c1ccc(-n2c3ccccc3c3cc(-c4ccc5c(c4)-c4cc(-c6ccc7c(c6)c6ccccc6n7-c6ccc(C(C)C)cc6)ccc4C5)ccc32)cc1. The largest absolute Gasteiger partial charge is 0.309 e. The number of para-hydroxylation sites is 2. The first-order valence-electron chi connectivity index (χ1n) is 20.4. The molecule has 0 saturated carbocycles. The Balaban J connectivity index is 0.978. The summed E-state index contributed by atoms with van der Waals surface area (Å²) in [6, 6.07) is 64.0. The second-order valence-electron chi connectivity index (χ2n) is 16.6. The highest BCUT2D eigenvalue weighted by molar-refractivity contribution is 6.11. The lowest BCUT2D eigenvalue weighted by molar-refractivity contribution is 0.865. The molecule has 0 saturated heterocycles. The summed E-state index contributed by atoms with van der Waals surface area (Å²) >= 11 is 0. The summed E-state index contributed by atoms with van der Waals surface area (Å²) in [6.07, 6.45) is 0.968. The minimum Gasteiger partial charge on any atom is -0.309 e. The van der Waals surface area contributed by atoms with Crippen LogP contribution in [0.2, 0.25) is 0 Å². The van der Waals surface area contributed by atoms with E-state index in [1.165, 1.54) is 111 Å². The summed E-state index contributed by atoms with van der Waals surface area (Å²) in [5.41, 5.74) is 20.5. The van der Waals surface area contributed by atoms with Crippen LogP contribution in [-0.2, 0) is 6.42 Å². The average Bonchev–Trinajstić information content (AvgIpc) is 3.90. The highest BCUT2D eigenvalue weighted by Gasteiger charge is 2.21. The smallest absolute Gasteiger partial charge is 0.0541 e. The number of nitrogens with zero attached hydrogens (tertiary/aromatic N) is 2. The summed E-state index contributed by atoms with van der Waals surface area (Å²) in [5, 5.41) is 5.12. The Morgan fingerprint density at radius 3 is 1.14 bits per heavy atom. The monoisotopic (exact) mass is 732 g/mol. The van der Waals surface area contributed by atoms with Gasteiger partial charge in [-0.3, -0.25) is 0 Å². The fourth-order valence-electron chi connectivity index (χ4n) is 9.40. The van der Waals surface area contributed by atoms with Crippen LogP contribution < -0.4 is 0 Å². The third kappa shape index (κ3) is 5.39. The van der Waals surface area contributed by atoms with Gasteiger partial charge in [-0.2, -0.15) is 0 Å². The van der Waals surface area contributed by atoms with E-state index < -0.39 is 0 Å². The molecule has 2 heteroatoms. The standard InChI is InChI=1S/C55H44N2/c1-34(2)36-17-23-44(24-18-36)56-52-11-7-5-9-46(52)50-32-40(21-27-54(50)56)38-13-15-42-29-43-16-14-39(31-49(43)48(42)30-38)41-22-28-55-51(33-41)47-10-6-8-12-53(47)57(55)45-25-19-37(20-26-45)35(3)4/h5-28,30-35H,29H2,1-4H3. The maximum absolute atomic E-state index is 2.43. The Morgan fingerprint density at radius 2 is 0.719 bits per heavy atom. The zero-order valence-corrected chi connectivity index (χ0v) is 32.9. The number of hydrogen-bond donors (Lipinski definition) is 0. The molecule has 0 fully saturated rings. The third-order valence-corrected chi connectivity index (χ3v) is 12.5. The van der Waals surface area contributed by atoms with E-state index in [1.54, 1.807) is 0 Å². The first-order valence-corrected chi connectivity index (χ1v) is 20.4. The van der Waals surface area contributed by atoms with Crippen molar-refractivity contribution in [2.45, 2.75) is 46.0 Å². The molecule has 0 spiro atoms. The Kier molecular flexibility index (Phi) is 7.66. The average molecular weight is 733 g/mol. The van der Waals surface area contributed by atoms with Crippen molar-refractivity contribution in [1.82, 2.24) is 9.13 Å². The predicted octanol–water partition coefficient (Wildman–Crippen LogP) is 15.0. The Morgan fingerprint density at radius 1 is 0.351 bits per heavy atom. The normalized spacial score (nSPS) is 12.5. The van der Waals surface area contributed by atoms with Gasteiger partial charge >= 0.3 is 0 Å². The van der Waals surface area contributed by atoms with E-state index in [0.717, 1.165) is 6.42 Å². The van der Waals surface area contributed by atoms with Gasteiger partial charge < -0.3 is 9.13 Å². The first kappa shape index (κ1) is 33.7. The fraction of sp³-hybridized carbons (Fsp3) is 0.127. The molecule has 8 aromatic carbocycles. The highest BCUT2D eigenvalue weighted by atomic mass is 15.0. The van der Waals surface area contributed by atoms with E-state index >= 15 is 0 Å².